The number of rotatable bonds is 6. The second kappa shape index (κ2) is 8.34. The van der Waals surface area contributed by atoms with Crippen molar-refractivity contribution in [3.05, 3.63) is 35.9 Å². The summed E-state index contributed by atoms with van der Waals surface area (Å²) >= 11 is 0. The van der Waals surface area contributed by atoms with Crippen molar-refractivity contribution in [3.8, 4) is 0 Å². The van der Waals surface area contributed by atoms with E-state index in [4.69, 9.17) is 0 Å². The Morgan fingerprint density at radius 1 is 1.19 bits per heavy atom. The number of amides is 3. The van der Waals surface area contributed by atoms with E-state index >= 15 is 0 Å². The van der Waals surface area contributed by atoms with E-state index in [1.807, 2.05) is 30.3 Å². The summed E-state index contributed by atoms with van der Waals surface area (Å²) in [5.41, 5.74) is 0.756. The van der Waals surface area contributed by atoms with E-state index in [9.17, 15) is 14.4 Å². The van der Waals surface area contributed by atoms with Gasteiger partial charge in [-0.05, 0) is 37.2 Å². The summed E-state index contributed by atoms with van der Waals surface area (Å²) in [7, 11) is 1.79. The maximum absolute atomic E-state index is 12.9. The minimum absolute atomic E-state index is 0.0434. The predicted octanol–water partition coefficient (Wildman–Crippen LogP) is 1.77. The van der Waals surface area contributed by atoms with Gasteiger partial charge in [0, 0.05) is 32.5 Å². The van der Waals surface area contributed by atoms with Crippen molar-refractivity contribution in [3.63, 3.8) is 0 Å². The van der Waals surface area contributed by atoms with Gasteiger partial charge in [0.25, 0.3) is 0 Å². The zero-order valence-corrected chi connectivity index (χ0v) is 15.2. The molecule has 1 heterocycles. The van der Waals surface area contributed by atoms with Gasteiger partial charge in [0.05, 0.1) is 0 Å². The number of benzene rings is 1. The number of carbonyl (C=O) groups excluding carboxylic acids is 3. The molecular formula is C20H27N3O3. The Morgan fingerprint density at radius 2 is 1.92 bits per heavy atom. The molecule has 1 saturated heterocycles. The zero-order chi connectivity index (χ0) is 18.5. The van der Waals surface area contributed by atoms with Crippen molar-refractivity contribution in [2.45, 2.75) is 50.6 Å². The van der Waals surface area contributed by atoms with Crippen molar-refractivity contribution >= 4 is 17.7 Å². The number of hydrogen-bond acceptors (Lipinski definition) is 3. The molecule has 26 heavy (non-hydrogen) atoms. The van der Waals surface area contributed by atoms with Gasteiger partial charge in [-0.2, -0.15) is 0 Å². The Morgan fingerprint density at radius 3 is 2.62 bits per heavy atom. The van der Waals surface area contributed by atoms with Crippen LogP contribution in [0.15, 0.2) is 30.3 Å². The van der Waals surface area contributed by atoms with Crippen LogP contribution in [0.3, 0.4) is 0 Å². The van der Waals surface area contributed by atoms with Gasteiger partial charge in [-0.15, -0.1) is 0 Å². The summed E-state index contributed by atoms with van der Waals surface area (Å²) in [6.07, 6.45) is 4.58. The first-order chi connectivity index (χ1) is 12.5. The second-order valence-electron chi connectivity index (χ2n) is 7.43. The number of carbonyl (C=O) groups is 3. The van der Waals surface area contributed by atoms with Gasteiger partial charge in [-0.3, -0.25) is 14.4 Å². The smallest absolute Gasteiger partial charge is 0.247 e. The van der Waals surface area contributed by atoms with Crippen LogP contribution in [-0.4, -0.2) is 42.3 Å². The Bertz CT molecular complexity index is 658. The van der Waals surface area contributed by atoms with Gasteiger partial charge in [-0.25, -0.2) is 0 Å². The van der Waals surface area contributed by atoms with Crippen LogP contribution in [0.25, 0.3) is 0 Å². The fourth-order valence-electron chi connectivity index (χ4n) is 3.33. The third-order valence-electron chi connectivity index (χ3n) is 5.11. The van der Waals surface area contributed by atoms with Crippen molar-refractivity contribution in [2.24, 2.45) is 5.92 Å². The summed E-state index contributed by atoms with van der Waals surface area (Å²) in [4.78, 5) is 38.9. The average molecular weight is 357 g/mol. The highest BCUT2D eigenvalue weighted by molar-refractivity contribution is 5.89. The molecule has 2 atom stereocenters. The summed E-state index contributed by atoms with van der Waals surface area (Å²) < 4.78 is 0. The molecule has 3 amide bonds. The van der Waals surface area contributed by atoms with Crippen molar-refractivity contribution in [1.82, 2.24) is 15.5 Å². The molecule has 2 N–H and O–H groups in total. The van der Waals surface area contributed by atoms with Gasteiger partial charge < -0.3 is 15.5 Å². The fourth-order valence-corrected chi connectivity index (χ4v) is 3.33. The highest BCUT2D eigenvalue weighted by Gasteiger charge is 2.30. The third kappa shape index (κ3) is 5.07. The van der Waals surface area contributed by atoms with Crippen LogP contribution in [0.4, 0.5) is 0 Å². The topological polar surface area (TPSA) is 78.5 Å². The number of nitrogens with one attached hydrogen (secondary N) is 2. The molecular weight excluding hydrogens is 330 g/mol. The lowest BCUT2D eigenvalue weighted by molar-refractivity contribution is -0.131. The van der Waals surface area contributed by atoms with Crippen molar-refractivity contribution in [1.29, 1.82) is 0 Å². The Hall–Kier alpha value is -2.37. The molecule has 2 aliphatic rings. The van der Waals surface area contributed by atoms with Gasteiger partial charge in [0.2, 0.25) is 17.7 Å². The standard InChI is InChI=1S/C20H27N3O3/c1-23-11-5-8-16(13-18(23)25)21-20(26)19(15-6-3-2-4-7-15)22-17(24)12-14-9-10-14/h2-4,6-7,14,16,19H,5,8-13H2,1H3,(H,21,26)(H,22,24)/t16-,19-/m0/s1. The minimum Gasteiger partial charge on any atom is -0.351 e. The average Bonchev–Trinajstić information content (AvgIpc) is 3.44. The van der Waals surface area contributed by atoms with Gasteiger partial charge in [-0.1, -0.05) is 30.3 Å². The van der Waals surface area contributed by atoms with Crippen LogP contribution in [0.1, 0.15) is 50.1 Å². The highest BCUT2D eigenvalue weighted by atomic mass is 16.2. The molecule has 140 valence electrons. The van der Waals surface area contributed by atoms with Crippen LogP contribution in [0.5, 0.6) is 0 Å². The van der Waals surface area contributed by atoms with E-state index in [0.717, 1.165) is 31.2 Å². The molecule has 0 radical (unpaired) electrons. The lowest BCUT2D eigenvalue weighted by atomic mass is 10.0. The first-order valence-electron chi connectivity index (χ1n) is 9.41. The van der Waals surface area contributed by atoms with Gasteiger partial charge in [0.15, 0.2) is 0 Å². The van der Waals surface area contributed by atoms with E-state index in [-0.39, 0.29) is 23.8 Å². The quantitative estimate of drug-likeness (QED) is 0.814. The highest BCUT2D eigenvalue weighted by Crippen LogP contribution is 2.32. The molecule has 0 aromatic heterocycles. The number of nitrogens with zero attached hydrogens (tertiary/aromatic N) is 1. The maximum Gasteiger partial charge on any atom is 0.247 e. The molecule has 6 nitrogen and oxygen atoms in total. The summed E-state index contributed by atoms with van der Waals surface area (Å²) in [5.74, 6) is 0.169. The fraction of sp³-hybridized carbons (Fsp3) is 0.550. The van der Waals surface area contributed by atoms with Crippen molar-refractivity contribution < 1.29 is 14.4 Å². The van der Waals surface area contributed by atoms with Crippen LogP contribution >= 0.6 is 0 Å². The van der Waals surface area contributed by atoms with Crippen LogP contribution in [0.2, 0.25) is 0 Å². The maximum atomic E-state index is 12.9. The molecule has 1 saturated carbocycles. The summed E-state index contributed by atoms with van der Waals surface area (Å²) in [6.45, 7) is 0.714. The van der Waals surface area contributed by atoms with Crippen LogP contribution < -0.4 is 10.6 Å². The molecule has 2 fully saturated rings. The molecule has 1 aliphatic heterocycles. The Balaban J connectivity index is 1.67. The zero-order valence-electron chi connectivity index (χ0n) is 15.2. The molecule has 0 bridgehead atoms. The largest absolute Gasteiger partial charge is 0.351 e. The lowest BCUT2D eigenvalue weighted by Crippen LogP contribution is -2.45. The van der Waals surface area contributed by atoms with Crippen molar-refractivity contribution in [2.75, 3.05) is 13.6 Å². The Kier molecular flexibility index (Phi) is 5.91. The van der Waals surface area contributed by atoms with E-state index in [0.29, 0.717) is 25.3 Å². The van der Waals surface area contributed by atoms with Crippen LogP contribution in [-0.2, 0) is 14.4 Å². The number of hydrogen-bond donors (Lipinski definition) is 2. The first-order valence-corrected chi connectivity index (χ1v) is 9.41. The first kappa shape index (κ1) is 18.4. The molecule has 1 aromatic rings. The van der Waals surface area contributed by atoms with E-state index in [1.54, 1.807) is 11.9 Å². The summed E-state index contributed by atoms with van der Waals surface area (Å²) in [6, 6.07) is 8.36. The van der Waals surface area contributed by atoms with E-state index < -0.39 is 6.04 Å². The predicted molar refractivity (Wildman–Crippen MR) is 98.1 cm³/mol. The normalized spacial score (nSPS) is 21.7. The SMILES string of the molecule is CN1CCC[C@H](NC(=O)[C@@H](NC(=O)CC2CC2)c2ccccc2)CC1=O. The van der Waals surface area contributed by atoms with Gasteiger partial charge in [0.1, 0.15) is 6.04 Å². The molecule has 1 aliphatic carbocycles. The molecule has 0 unspecified atom stereocenters. The molecule has 0 spiro atoms. The minimum atomic E-state index is -0.724. The molecule has 6 heteroatoms. The summed E-state index contributed by atoms with van der Waals surface area (Å²) in [5, 5.41) is 5.86. The molecule has 1 aromatic carbocycles. The van der Waals surface area contributed by atoms with E-state index in [2.05, 4.69) is 10.6 Å². The third-order valence-corrected chi connectivity index (χ3v) is 5.11. The molecule has 3 rings (SSSR count). The Labute approximate surface area is 154 Å². The second-order valence-corrected chi connectivity index (χ2v) is 7.43. The monoisotopic (exact) mass is 357 g/mol. The van der Waals surface area contributed by atoms with Gasteiger partial charge >= 0.3 is 0 Å². The van der Waals surface area contributed by atoms with E-state index in [1.165, 1.54) is 0 Å². The number of likely N-dealkylation sites (tertiary alicyclic amines) is 1. The van der Waals surface area contributed by atoms with Crippen LogP contribution in [0, 0.1) is 5.92 Å². The lowest BCUT2D eigenvalue weighted by Gasteiger charge is -2.23.